The highest BCUT2D eigenvalue weighted by atomic mass is 32.2. The van der Waals surface area contributed by atoms with Crippen LogP contribution in [-0.2, 0) is 32.3 Å². The lowest BCUT2D eigenvalue weighted by Crippen LogP contribution is -2.26. The van der Waals surface area contributed by atoms with Crippen LogP contribution in [0.3, 0.4) is 0 Å². The molecule has 30 heavy (non-hydrogen) atoms. The Morgan fingerprint density at radius 3 is 2.60 bits per heavy atom. The number of sulfone groups is 1. The van der Waals surface area contributed by atoms with Gasteiger partial charge in [0.1, 0.15) is 5.00 Å². The lowest BCUT2D eigenvalue weighted by molar-refractivity contribution is -0.115. The average Bonchev–Trinajstić information content (AvgIpc) is 3.03. The SMILES string of the molecule is CCOC(=O)c1c(NC(=O)CCS(=O)(=O)c2ccc(C)cc2)sc2c1CCN(C)C2. The van der Waals surface area contributed by atoms with E-state index in [0.717, 1.165) is 22.5 Å². The third kappa shape index (κ3) is 5.08. The predicted molar refractivity (Wildman–Crippen MR) is 117 cm³/mol. The molecule has 0 aliphatic carbocycles. The number of rotatable bonds is 7. The van der Waals surface area contributed by atoms with Crippen molar-refractivity contribution in [3.8, 4) is 0 Å². The van der Waals surface area contributed by atoms with Gasteiger partial charge in [-0.1, -0.05) is 17.7 Å². The van der Waals surface area contributed by atoms with Gasteiger partial charge in [0.15, 0.2) is 9.84 Å². The second kappa shape index (κ2) is 9.28. The van der Waals surface area contributed by atoms with Gasteiger partial charge in [-0.15, -0.1) is 11.3 Å². The first-order valence-corrected chi connectivity index (χ1v) is 12.3. The summed E-state index contributed by atoms with van der Waals surface area (Å²) in [6.07, 6.45) is 0.509. The fourth-order valence-electron chi connectivity index (χ4n) is 3.32. The van der Waals surface area contributed by atoms with Crippen molar-refractivity contribution in [3.63, 3.8) is 0 Å². The van der Waals surface area contributed by atoms with Gasteiger partial charge in [0.2, 0.25) is 5.91 Å². The molecule has 2 heterocycles. The minimum Gasteiger partial charge on any atom is -0.462 e. The first kappa shape index (κ1) is 22.5. The number of carbonyl (C=O) groups excluding carboxylic acids is 2. The zero-order valence-corrected chi connectivity index (χ0v) is 19.0. The monoisotopic (exact) mass is 450 g/mol. The molecule has 1 aromatic carbocycles. The number of nitrogens with one attached hydrogen (secondary N) is 1. The smallest absolute Gasteiger partial charge is 0.341 e. The summed E-state index contributed by atoms with van der Waals surface area (Å²) >= 11 is 1.36. The van der Waals surface area contributed by atoms with Crippen molar-refractivity contribution in [1.82, 2.24) is 4.90 Å². The Morgan fingerprint density at radius 2 is 1.93 bits per heavy atom. The summed E-state index contributed by atoms with van der Waals surface area (Å²) in [6.45, 7) is 5.37. The summed E-state index contributed by atoms with van der Waals surface area (Å²) < 4.78 is 30.2. The number of fused-ring (bicyclic) bond motifs is 1. The van der Waals surface area contributed by atoms with E-state index in [2.05, 4.69) is 10.2 Å². The van der Waals surface area contributed by atoms with Crippen LogP contribution < -0.4 is 5.32 Å². The van der Waals surface area contributed by atoms with Crippen LogP contribution in [0.2, 0.25) is 0 Å². The molecule has 1 aromatic heterocycles. The fourth-order valence-corrected chi connectivity index (χ4v) is 5.89. The number of ether oxygens (including phenoxy) is 1. The van der Waals surface area contributed by atoms with E-state index in [1.165, 1.54) is 11.3 Å². The number of thiophene rings is 1. The second-order valence-corrected chi connectivity index (χ2v) is 10.6. The van der Waals surface area contributed by atoms with Gasteiger partial charge in [0.25, 0.3) is 0 Å². The number of benzene rings is 1. The van der Waals surface area contributed by atoms with Gasteiger partial charge in [-0.3, -0.25) is 4.79 Å². The van der Waals surface area contributed by atoms with Crippen LogP contribution in [0.1, 0.15) is 39.7 Å². The molecule has 1 amide bonds. The summed E-state index contributed by atoms with van der Waals surface area (Å²) in [5.41, 5.74) is 2.28. The highest BCUT2D eigenvalue weighted by Crippen LogP contribution is 2.37. The molecular formula is C21H26N2O5S2. The molecule has 0 spiro atoms. The van der Waals surface area contributed by atoms with Gasteiger partial charge < -0.3 is 15.0 Å². The number of hydrogen-bond acceptors (Lipinski definition) is 7. The van der Waals surface area contributed by atoms with Gasteiger partial charge in [0.05, 0.1) is 22.8 Å². The van der Waals surface area contributed by atoms with Crippen molar-refractivity contribution < 1.29 is 22.7 Å². The quantitative estimate of drug-likeness (QED) is 0.652. The Hall–Kier alpha value is -2.23. The van der Waals surface area contributed by atoms with Crippen LogP contribution in [0, 0.1) is 6.92 Å². The normalized spacial score (nSPS) is 14.2. The molecule has 0 fully saturated rings. The number of amides is 1. The molecule has 0 unspecified atom stereocenters. The molecule has 0 radical (unpaired) electrons. The van der Waals surface area contributed by atoms with Gasteiger partial charge in [-0.25, -0.2) is 13.2 Å². The van der Waals surface area contributed by atoms with E-state index in [1.54, 1.807) is 31.2 Å². The Labute approximate surface area is 181 Å². The van der Waals surface area contributed by atoms with Crippen molar-refractivity contribution in [2.75, 3.05) is 31.3 Å². The van der Waals surface area contributed by atoms with Crippen LogP contribution in [0.4, 0.5) is 5.00 Å². The Balaban J connectivity index is 1.74. The van der Waals surface area contributed by atoms with E-state index < -0.39 is 21.7 Å². The zero-order chi connectivity index (χ0) is 21.9. The Bertz CT molecular complexity index is 1040. The topological polar surface area (TPSA) is 92.8 Å². The first-order chi connectivity index (χ1) is 14.2. The molecule has 2 aromatic rings. The zero-order valence-electron chi connectivity index (χ0n) is 17.4. The first-order valence-electron chi connectivity index (χ1n) is 9.80. The number of nitrogens with zero attached hydrogens (tertiary/aromatic N) is 1. The number of hydrogen-bond donors (Lipinski definition) is 1. The third-order valence-electron chi connectivity index (χ3n) is 4.96. The summed E-state index contributed by atoms with van der Waals surface area (Å²) in [5, 5.41) is 3.19. The predicted octanol–water partition coefficient (Wildman–Crippen LogP) is 3.02. The molecular weight excluding hydrogens is 424 g/mol. The summed E-state index contributed by atoms with van der Waals surface area (Å²) in [6, 6.07) is 6.55. The van der Waals surface area contributed by atoms with Crippen LogP contribution in [-0.4, -0.2) is 51.1 Å². The van der Waals surface area contributed by atoms with Crippen LogP contribution in [0.25, 0.3) is 0 Å². The lowest BCUT2D eigenvalue weighted by Gasteiger charge is -2.22. The number of carbonyl (C=O) groups is 2. The van der Waals surface area contributed by atoms with Crippen molar-refractivity contribution in [3.05, 3.63) is 45.8 Å². The highest BCUT2D eigenvalue weighted by molar-refractivity contribution is 7.91. The largest absolute Gasteiger partial charge is 0.462 e. The summed E-state index contributed by atoms with van der Waals surface area (Å²) in [7, 11) is -1.56. The average molecular weight is 451 g/mol. The lowest BCUT2D eigenvalue weighted by atomic mass is 10.0. The van der Waals surface area contributed by atoms with E-state index >= 15 is 0 Å². The molecule has 3 rings (SSSR count). The van der Waals surface area contributed by atoms with Crippen molar-refractivity contribution in [2.45, 2.75) is 38.1 Å². The standard InChI is InChI=1S/C21H26N2O5S2/c1-4-28-21(25)19-16-9-11-23(3)13-17(16)29-20(19)22-18(24)10-12-30(26,27)15-7-5-14(2)6-8-15/h5-8H,4,9-13H2,1-3H3,(H,22,24). The number of aryl methyl sites for hydroxylation is 1. The minimum absolute atomic E-state index is 0.194. The maximum atomic E-state index is 12.5. The molecule has 0 saturated heterocycles. The van der Waals surface area contributed by atoms with E-state index in [1.807, 2.05) is 14.0 Å². The van der Waals surface area contributed by atoms with Crippen molar-refractivity contribution >= 4 is 38.1 Å². The third-order valence-corrected chi connectivity index (χ3v) is 7.82. The Morgan fingerprint density at radius 1 is 1.23 bits per heavy atom. The van der Waals surface area contributed by atoms with Gasteiger partial charge in [-0.2, -0.15) is 0 Å². The molecule has 1 N–H and O–H groups in total. The Kier molecular flexibility index (Phi) is 6.95. The van der Waals surface area contributed by atoms with Crippen molar-refractivity contribution in [2.24, 2.45) is 0 Å². The fraction of sp³-hybridized carbons (Fsp3) is 0.429. The van der Waals surface area contributed by atoms with Crippen LogP contribution >= 0.6 is 11.3 Å². The van der Waals surface area contributed by atoms with E-state index in [9.17, 15) is 18.0 Å². The molecule has 1 aliphatic heterocycles. The van der Waals surface area contributed by atoms with Gasteiger partial charge in [0, 0.05) is 24.4 Å². The molecule has 9 heteroatoms. The molecule has 7 nitrogen and oxygen atoms in total. The molecule has 0 bridgehead atoms. The van der Waals surface area contributed by atoms with E-state index in [4.69, 9.17) is 4.74 Å². The van der Waals surface area contributed by atoms with Gasteiger partial charge in [-0.05, 0) is 45.0 Å². The van der Waals surface area contributed by atoms with E-state index in [0.29, 0.717) is 23.5 Å². The maximum absolute atomic E-state index is 12.5. The van der Waals surface area contributed by atoms with Crippen LogP contribution in [0.15, 0.2) is 29.2 Å². The number of esters is 1. The maximum Gasteiger partial charge on any atom is 0.341 e. The molecule has 0 atom stereocenters. The molecule has 1 aliphatic rings. The molecule has 0 saturated carbocycles. The van der Waals surface area contributed by atoms with Crippen molar-refractivity contribution in [1.29, 1.82) is 0 Å². The van der Waals surface area contributed by atoms with Crippen LogP contribution in [0.5, 0.6) is 0 Å². The summed E-state index contributed by atoms with van der Waals surface area (Å²) in [4.78, 5) is 28.4. The number of anilines is 1. The number of likely N-dealkylation sites (N-methyl/N-ethyl adjacent to an activating group) is 1. The van der Waals surface area contributed by atoms with E-state index in [-0.39, 0.29) is 23.7 Å². The minimum atomic E-state index is -3.56. The van der Waals surface area contributed by atoms with Gasteiger partial charge >= 0.3 is 5.97 Å². The summed E-state index contributed by atoms with van der Waals surface area (Å²) in [5.74, 6) is -1.20. The molecule has 162 valence electrons. The highest BCUT2D eigenvalue weighted by Gasteiger charge is 2.29. The second-order valence-electron chi connectivity index (χ2n) is 7.35.